The molecule has 1 aromatic carbocycles. The van der Waals surface area contributed by atoms with E-state index in [-0.39, 0.29) is 12.1 Å². The number of hydrogen-bond donors (Lipinski definition) is 2. The number of nitrogens with zero attached hydrogens (tertiary/aromatic N) is 1. The van der Waals surface area contributed by atoms with Gasteiger partial charge < -0.3 is 5.11 Å². The summed E-state index contributed by atoms with van der Waals surface area (Å²) in [5.74, 6) is 0. The number of hydrogen-bond acceptors (Lipinski definition) is 2. The Labute approximate surface area is 82.5 Å². The van der Waals surface area contributed by atoms with Gasteiger partial charge in [-0.2, -0.15) is 18.3 Å². The number of nitrogens with one attached hydrogen (secondary N) is 1. The third-order valence-electron chi connectivity index (χ3n) is 2.12. The van der Waals surface area contributed by atoms with Crippen molar-refractivity contribution < 1.29 is 18.3 Å². The normalized spacial score (nSPS) is 12.3. The Hall–Kier alpha value is -1.56. The predicted molar refractivity (Wildman–Crippen MR) is 47.0 cm³/mol. The summed E-state index contributed by atoms with van der Waals surface area (Å²) < 4.78 is 37.0. The number of aliphatic hydroxyl groups excluding tert-OH is 1. The zero-order chi connectivity index (χ0) is 11.1. The van der Waals surface area contributed by atoms with Crippen LogP contribution in [0.5, 0.6) is 0 Å². The van der Waals surface area contributed by atoms with E-state index >= 15 is 0 Å². The van der Waals surface area contributed by atoms with Crippen molar-refractivity contribution in [2.75, 3.05) is 0 Å². The third kappa shape index (κ3) is 1.68. The molecular weight excluding hydrogens is 209 g/mol. The summed E-state index contributed by atoms with van der Waals surface area (Å²) in [5.41, 5.74) is -0.126. The Morgan fingerprint density at radius 1 is 1.33 bits per heavy atom. The number of fused-ring (bicyclic) bond motifs is 1. The maximum atomic E-state index is 12.3. The fraction of sp³-hybridized carbons (Fsp3) is 0.222. The number of aliphatic hydroxyl groups is 1. The van der Waals surface area contributed by atoms with Crippen molar-refractivity contribution in [3.05, 3.63) is 29.5 Å². The molecule has 0 fully saturated rings. The predicted octanol–water partition coefficient (Wildman–Crippen LogP) is 2.07. The van der Waals surface area contributed by atoms with Crippen molar-refractivity contribution in [3.8, 4) is 0 Å². The second kappa shape index (κ2) is 3.23. The summed E-state index contributed by atoms with van der Waals surface area (Å²) in [7, 11) is 0. The van der Waals surface area contributed by atoms with Crippen molar-refractivity contribution in [1.29, 1.82) is 0 Å². The smallest absolute Gasteiger partial charge is 0.390 e. The number of halogens is 3. The number of benzene rings is 1. The Morgan fingerprint density at radius 3 is 2.67 bits per heavy atom. The van der Waals surface area contributed by atoms with Gasteiger partial charge in [-0.15, -0.1) is 0 Å². The van der Waals surface area contributed by atoms with Crippen LogP contribution in [-0.2, 0) is 12.8 Å². The standard InChI is InChI=1S/C9H7F3N2O/c10-9(11,12)5-1-2-6-7(3-5)13-14-8(6)4-15/h1-3,15H,4H2,(H,13,14). The van der Waals surface area contributed by atoms with Crippen LogP contribution in [0.15, 0.2) is 18.2 Å². The van der Waals surface area contributed by atoms with Gasteiger partial charge in [0.15, 0.2) is 0 Å². The first-order valence-corrected chi connectivity index (χ1v) is 4.17. The minimum absolute atomic E-state index is 0.203. The van der Waals surface area contributed by atoms with Gasteiger partial charge >= 0.3 is 6.18 Å². The van der Waals surface area contributed by atoms with Crippen molar-refractivity contribution in [1.82, 2.24) is 10.2 Å². The SMILES string of the molecule is OCc1[nH]nc2cc(C(F)(F)F)ccc12. The molecule has 0 unspecified atom stereocenters. The minimum Gasteiger partial charge on any atom is -0.390 e. The molecule has 0 saturated carbocycles. The summed E-state index contributed by atoms with van der Waals surface area (Å²) in [6, 6.07) is 3.22. The maximum Gasteiger partial charge on any atom is 0.416 e. The molecule has 1 aromatic heterocycles. The number of aromatic nitrogens is 2. The Bertz CT molecular complexity index is 490. The highest BCUT2D eigenvalue weighted by Gasteiger charge is 2.30. The van der Waals surface area contributed by atoms with Crippen LogP contribution in [0.1, 0.15) is 11.3 Å². The monoisotopic (exact) mass is 216 g/mol. The maximum absolute atomic E-state index is 12.3. The lowest BCUT2D eigenvalue weighted by Gasteiger charge is -2.05. The van der Waals surface area contributed by atoms with Gasteiger partial charge in [0, 0.05) is 5.39 Å². The third-order valence-corrected chi connectivity index (χ3v) is 2.12. The van der Waals surface area contributed by atoms with E-state index in [1.807, 2.05) is 0 Å². The van der Waals surface area contributed by atoms with Crippen LogP contribution < -0.4 is 0 Å². The van der Waals surface area contributed by atoms with E-state index in [0.717, 1.165) is 12.1 Å². The van der Waals surface area contributed by atoms with Gasteiger partial charge in [0.05, 0.1) is 23.4 Å². The zero-order valence-corrected chi connectivity index (χ0v) is 7.47. The number of H-pyrrole nitrogens is 1. The second-order valence-corrected chi connectivity index (χ2v) is 3.09. The average molecular weight is 216 g/mol. The molecule has 0 radical (unpaired) electrons. The van der Waals surface area contributed by atoms with Crippen LogP contribution in [0.2, 0.25) is 0 Å². The lowest BCUT2D eigenvalue weighted by molar-refractivity contribution is -0.137. The largest absolute Gasteiger partial charge is 0.416 e. The molecule has 15 heavy (non-hydrogen) atoms. The van der Waals surface area contributed by atoms with Crippen molar-refractivity contribution in [2.45, 2.75) is 12.8 Å². The average Bonchev–Trinajstić information content (AvgIpc) is 2.58. The van der Waals surface area contributed by atoms with Crippen LogP contribution in [-0.4, -0.2) is 15.3 Å². The van der Waals surface area contributed by atoms with Gasteiger partial charge in [0.2, 0.25) is 0 Å². The summed E-state index contributed by atoms with van der Waals surface area (Å²) >= 11 is 0. The molecule has 0 bridgehead atoms. The molecule has 3 nitrogen and oxygen atoms in total. The molecule has 1 heterocycles. The highest BCUT2D eigenvalue weighted by atomic mass is 19.4. The van der Waals surface area contributed by atoms with E-state index in [0.29, 0.717) is 11.1 Å². The quantitative estimate of drug-likeness (QED) is 0.766. The topological polar surface area (TPSA) is 48.9 Å². The van der Waals surface area contributed by atoms with E-state index in [1.165, 1.54) is 6.07 Å². The molecule has 0 aliphatic heterocycles. The van der Waals surface area contributed by atoms with Crippen LogP contribution in [0.3, 0.4) is 0 Å². The molecule has 0 atom stereocenters. The molecular formula is C9H7F3N2O. The number of aromatic amines is 1. The fourth-order valence-electron chi connectivity index (χ4n) is 1.36. The Kier molecular flexibility index (Phi) is 2.15. The molecule has 0 amide bonds. The molecule has 0 saturated heterocycles. The molecule has 2 aromatic rings. The Balaban J connectivity index is 2.58. The van der Waals surface area contributed by atoms with Crippen molar-refractivity contribution in [3.63, 3.8) is 0 Å². The van der Waals surface area contributed by atoms with Gasteiger partial charge in [-0.1, -0.05) is 6.07 Å². The van der Waals surface area contributed by atoms with Gasteiger partial charge in [-0.3, -0.25) is 5.10 Å². The molecule has 0 aliphatic rings. The van der Waals surface area contributed by atoms with Gasteiger partial charge in [-0.25, -0.2) is 0 Å². The fourth-order valence-corrected chi connectivity index (χ4v) is 1.36. The number of alkyl halides is 3. The molecule has 2 N–H and O–H groups in total. The van der Waals surface area contributed by atoms with E-state index in [4.69, 9.17) is 5.11 Å². The van der Waals surface area contributed by atoms with E-state index in [9.17, 15) is 13.2 Å². The zero-order valence-electron chi connectivity index (χ0n) is 7.47. The Morgan fingerprint density at radius 2 is 2.07 bits per heavy atom. The van der Waals surface area contributed by atoms with E-state index < -0.39 is 11.7 Å². The van der Waals surface area contributed by atoms with Crippen LogP contribution >= 0.6 is 0 Å². The number of rotatable bonds is 1. The molecule has 80 valence electrons. The van der Waals surface area contributed by atoms with Crippen LogP contribution in [0, 0.1) is 0 Å². The van der Waals surface area contributed by atoms with E-state index in [2.05, 4.69) is 10.2 Å². The highest BCUT2D eigenvalue weighted by molar-refractivity contribution is 5.81. The molecule has 6 heteroatoms. The van der Waals surface area contributed by atoms with Gasteiger partial charge in [0.1, 0.15) is 0 Å². The minimum atomic E-state index is -4.37. The molecule has 0 aliphatic carbocycles. The summed E-state index contributed by atoms with van der Waals surface area (Å²) in [6.45, 7) is -0.276. The molecule has 2 rings (SSSR count). The van der Waals surface area contributed by atoms with Gasteiger partial charge in [-0.05, 0) is 12.1 Å². The second-order valence-electron chi connectivity index (χ2n) is 3.09. The molecule has 0 spiro atoms. The van der Waals surface area contributed by atoms with Crippen molar-refractivity contribution in [2.24, 2.45) is 0 Å². The first-order valence-electron chi connectivity index (χ1n) is 4.17. The summed E-state index contributed by atoms with van der Waals surface area (Å²) in [6.07, 6.45) is -4.37. The lowest BCUT2D eigenvalue weighted by atomic mass is 10.1. The van der Waals surface area contributed by atoms with E-state index in [1.54, 1.807) is 0 Å². The van der Waals surface area contributed by atoms with Crippen LogP contribution in [0.25, 0.3) is 10.9 Å². The first kappa shape index (κ1) is 9.97. The van der Waals surface area contributed by atoms with Gasteiger partial charge in [0.25, 0.3) is 0 Å². The lowest BCUT2D eigenvalue weighted by Crippen LogP contribution is -2.04. The summed E-state index contributed by atoms with van der Waals surface area (Å²) in [4.78, 5) is 0. The highest BCUT2D eigenvalue weighted by Crippen LogP contribution is 2.31. The van der Waals surface area contributed by atoms with Crippen molar-refractivity contribution >= 4 is 10.9 Å². The van der Waals surface area contributed by atoms with Crippen LogP contribution in [0.4, 0.5) is 13.2 Å². The first-order chi connectivity index (χ1) is 7.02. The summed E-state index contributed by atoms with van der Waals surface area (Å²) in [5, 5.41) is 15.5.